The Balaban J connectivity index is 2.42. The maximum absolute atomic E-state index is 12.4. The van der Waals surface area contributed by atoms with Gasteiger partial charge in [-0.05, 0) is 31.9 Å². The Labute approximate surface area is 107 Å². The molecule has 0 atom stereocenters. The number of carboxylic acids is 1. The van der Waals surface area contributed by atoms with Crippen molar-refractivity contribution in [2.75, 3.05) is 0 Å². The molecule has 0 bridgehead atoms. The minimum Gasteiger partial charge on any atom is -0.479 e. The summed E-state index contributed by atoms with van der Waals surface area (Å²) in [5.74, 6) is -1.13. The normalized spacial score (nSPS) is 16.5. The molecule has 1 saturated carbocycles. The molecule has 3 rings (SSSR count). The molecular weight excluding hydrogens is 248 g/mol. The summed E-state index contributed by atoms with van der Waals surface area (Å²) in [4.78, 5) is 38.2. The van der Waals surface area contributed by atoms with Crippen molar-refractivity contribution in [3.05, 3.63) is 44.6 Å². The minimum atomic E-state index is -1.36. The van der Waals surface area contributed by atoms with Crippen LogP contribution in [0.4, 0.5) is 0 Å². The standard InChI is InChI=1S/C13H12N2O4/c1-7-2-3-9-8(6-7)10(16)15(12(19)14-9)13(4-5-13)11(17)18/h2-3,6H,4-5H2,1H3,(H,14,19)(H,17,18). The summed E-state index contributed by atoms with van der Waals surface area (Å²) in [6.45, 7) is 1.83. The van der Waals surface area contributed by atoms with Crippen molar-refractivity contribution >= 4 is 16.9 Å². The van der Waals surface area contributed by atoms with E-state index in [2.05, 4.69) is 4.98 Å². The summed E-state index contributed by atoms with van der Waals surface area (Å²) in [5.41, 5.74) is -1.26. The second-order valence-corrected chi connectivity index (χ2v) is 4.96. The van der Waals surface area contributed by atoms with Crippen LogP contribution in [0.5, 0.6) is 0 Å². The molecule has 0 aliphatic heterocycles. The Kier molecular flexibility index (Phi) is 2.20. The quantitative estimate of drug-likeness (QED) is 0.825. The molecular formula is C13H12N2O4. The third-order valence-corrected chi connectivity index (χ3v) is 3.60. The molecule has 19 heavy (non-hydrogen) atoms. The van der Waals surface area contributed by atoms with E-state index in [0.717, 1.165) is 10.1 Å². The number of benzene rings is 1. The zero-order valence-corrected chi connectivity index (χ0v) is 10.3. The van der Waals surface area contributed by atoms with Crippen LogP contribution in [0.25, 0.3) is 10.9 Å². The van der Waals surface area contributed by atoms with Crippen molar-refractivity contribution in [1.29, 1.82) is 0 Å². The number of hydrogen-bond donors (Lipinski definition) is 2. The lowest BCUT2D eigenvalue weighted by Gasteiger charge is -2.13. The van der Waals surface area contributed by atoms with Gasteiger partial charge in [0.15, 0.2) is 0 Å². The van der Waals surface area contributed by atoms with E-state index in [1.54, 1.807) is 18.2 Å². The third kappa shape index (κ3) is 1.53. The van der Waals surface area contributed by atoms with Gasteiger partial charge < -0.3 is 10.1 Å². The molecule has 0 saturated heterocycles. The van der Waals surface area contributed by atoms with Gasteiger partial charge in [0.25, 0.3) is 5.56 Å². The molecule has 1 fully saturated rings. The summed E-state index contributed by atoms with van der Waals surface area (Å²) in [6.07, 6.45) is 0.616. The van der Waals surface area contributed by atoms with Crippen molar-refractivity contribution in [2.45, 2.75) is 25.3 Å². The highest BCUT2D eigenvalue weighted by Gasteiger charge is 2.54. The van der Waals surface area contributed by atoms with Crippen LogP contribution >= 0.6 is 0 Å². The molecule has 2 N–H and O–H groups in total. The van der Waals surface area contributed by atoms with Gasteiger partial charge in [-0.3, -0.25) is 4.79 Å². The van der Waals surface area contributed by atoms with Crippen LogP contribution < -0.4 is 11.2 Å². The lowest BCUT2D eigenvalue weighted by Crippen LogP contribution is -2.46. The predicted octanol–water partition coefficient (Wildman–Crippen LogP) is 0.572. The second-order valence-electron chi connectivity index (χ2n) is 4.96. The lowest BCUT2D eigenvalue weighted by molar-refractivity contribution is -0.142. The molecule has 6 heteroatoms. The van der Waals surface area contributed by atoms with Crippen molar-refractivity contribution in [3.8, 4) is 0 Å². The lowest BCUT2D eigenvalue weighted by atomic mass is 10.1. The van der Waals surface area contributed by atoms with Gasteiger partial charge in [-0.25, -0.2) is 14.2 Å². The van der Waals surface area contributed by atoms with Gasteiger partial charge in [0.2, 0.25) is 0 Å². The van der Waals surface area contributed by atoms with Crippen molar-refractivity contribution in [2.24, 2.45) is 0 Å². The number of H-pyrrole nitrogens is 1. The monoisotopic (exact) mass is 260 g/mol. The first kappa shape index (κ1) is 11.7. The van der Waals surface area contributed by atoms with E-state index in [9.17, 15) is 19.5 Å². The summed E-state index contributed by atoms with van der Waals surface area (Å²) in [6, 6.07) is 5.09. The molecule has 1 aliphatic carbocycles. The van der Waals surface area contributed by atoms with Gasteiger partial charge in [-0.1, -0.05) is 11.6 Å². The molecule has 98 valence electrons. The van der Waals surface area contributed by atoms with E-state index in [0.29, 0.717) is 23.7 Å². The number of carboxylic acid groups (broad SMARTS) is 1. The van der Waals surface area contributed by atoms with Gasteiger partial charge in [0, 0.05) is 0 Å². The van der Waals surface area contributed by atoms with Crippen LogP contribution in [0.3, 0.4) is 0 Å². The average molecular weight is 260 g/mol. The molecule has 2 aromatic rings. The van der Waals surface area contributed by atoms with Crippen LogP contribution in [0, 0.1) is 6.92 Å². The molecule has 0 amide bonds. The number of nitrogens with zero attached hydrogens (tertiary/aromatic N) is 1. The predicted molar refractivity (Wildman–Crippen MR) is 68.4 cm³/mol. The van der Waals surface area contributed by atoms with E-state index in [1.807, 2.05) is 6.92 Å². The number of aromatic amines is 1. The number of nitrogens with one attached hydrogen (secondary N) is 1. The highest BCUT2D eigenvalue weighted by molar-refractivity contribution is 5.82. The smallest absolute Gasteiger partial charge is 0.330 e. The average Bonchev–Trinajstić information content (AvgIpc) is 3.12. The maximum Gasteiger partial charge on any atom is 0.330 e. The summed E-state index contributed by atoms with van der Waals surface area (Å²) in [5, 5.41) is 9.56. The topological polar surface area (TPSA) is 92.2 Å². The fourth-order valence-corrected chi connectivity index (χ4v) is 2.37. The molecule has 0 unspecified atom stereocenters. The second kappa shape index (κ2) is 3.57. The van der Waals surface area contributed by atoms with E-state index >= 15 is 0 Å². The van der Waals surface area contributed by atoms with E-state index in [-0.39, 0.29) is 0 Å². The van der Waals surface area contributed by atoms with Gasteiger partial charge in [0.1, 0.15) is 5.54 Å². The van der Waals surface area contributed by atoms with Crippen molar-refractivity contribution in [3.63, 3.8) is 0 Å². The Morgan fingerprint density at radius 1 is 1.37 bits per heavy atom. The molecule has 0 spiro atoms. The molecule has 1 aromatic carbocycles. The highest BCUT2D eigenvalue weighted by atomic mass is 16.4. The molecule has 0 radical (unpaired) electrons. The molecule has 6 nitrogen and oxygen atoms in total. The summed E-state index contributed by atoms with van der Waals surface area (Å²) >= 11 is 0. The van der Waals surface area contributed by atoms with Crippen LogP contribution in [0.1, 0.15) is 18.4 Å². The Morgan fingerprint density at radius 2 is 2.05 bits per heavy atom. The molecule has 1 aromatic heterocycles. The first-order valence-corrected chi connectivity index (χ1v) is 5.95. The fraction of sp³-hybridized carbons (Fsp3) is 0.308. The number of fused-ring (bicyclic) bond motifs is 1. The Hall–Kier alpha value is -2.37. The largest absolute Gasteiger partial charge is 0.479 e. The van der Waals surface area contributed by atoms with Crippen LogP contribution in [-0.4, -0.2) is 20.6 Å². The zero-order valence-electron chi connectivity index (χ0n) is 10.3. The van der Waals surface area contributed by atoms with Crippen molar-refractivity contribution in [1.82, 2.24) is 9.55 Å². The maximum atomic E-state index is 12.4. The van der Waals surface area contributed by atoms with E-state index in [1.165, 1.54) is 0 Å². The van der Waals surface area contributed by atoms with Gasteiger partial charge in [0.05, 0.1) is 10.9 Å². The first-order valence-electron chi connectivity index (χ1n) is 5.95. The van der Waals surface area contributed by atoms with Crippen molar-refractivity contribution < 1.29 is 9.90 Å². The van der Waals surface area contributed by atoms with Gasteiger partial charge >= 0.3 is 11.7 Å². The van der Waals surface area contributed by atoms with E-state index in [4.69, 9.17) is 0 Å². The number of hydrogen-bond acceptors (Lipinski definition) is 3. The first-order chi connectivity index (χ1) is 8.95. The Morgan fingerprint density at radius 3 is 2.63 bits per heavy atom. The number of aromatic nitrogens is 2. The zero-order chi connectivity index (χ0) is 13.8. The summed E-state index contributed by atoms with van der Waals surface area (Å²) in [7, 11) is 0. The van der Waals surface area contributed by atoms with Crippen LogP contribution in [-0.2, 0) is 10.3 Å². The third-order valence-electron chi connectivity index (χ3n) is 3.60. The molecule has 1 heterocycles. The van der Waals surface area contributed by atoms with Gasteiger partial charge in [-0.15, -0.1) is 0 Å². The Bertz CT molecular complexity index is 811. The molecule has 1 aliphatic rings. The van der Waals surface area contributed by atoms with Crippen LogP contribution in [0.15, 0.2) is 27.8 Å². The number of carbonyl (C=O) groups is 1. The number of aryl methyl sites for hydroxylation is 1. The number of aliphatic carboxylic acids is 1. The minimum absolute atomic E-state index is 0.308. The van der Waals surface area contributed by atoms with Gasteiger partial charge in [-0.2, -0.15) is 0 Å². The summed E-state index contributed by atoms with van der Waals surface area (Å²) < 4.78 is 0.844. The van der Waals surface area contributed by atoms with Crippen LogP contribution in [0.2, 0.25) is 0 Å². The highest BCUT2D eigenvalue weighted by Crippen LogP contribution is 2.41. The fourth-order valence-electron chi connectivity index (χ4n) is 2.37. The van der Waals surface area contributed by atoms with E-state index < -0.39 is 22.8 Å². The number of rotatable bonds is 2. The SMILES string of the molecule is Cc1ccc2[nH]c(=O)n(C3(C(=O)O)CC3)c(=O)c2c1.